The van der Waals surface area contributed by atoms with Gasteiger partial charge in [-0.15, -0.1) is 0 Å². The maximum Gasteiger partial charge on any atom is 0.325 e. The third kappa shape index (κ3) is 3.37. The Bertz CT molecular complexity index is 281. The number of nitrogens with one attached hydrogen (secondary N) is 1. The molecule has 1 fully saturated rings. The lowest BCUT2D eigenvalue weighted by atomic mass is 9.94. The third-order valence-electron chi connectivity index (χ3n) is 2.84. The molecule has 92 valence electrons. The summed E-state index contributed by atoms with van der Waals surface area (Å²) in [5, 5.41) is 20.7. The zero-order valence-corrected chi connectivity index (χ0v) is 9.56. The lowest BCUT2D eigenvalue weighted by Crippen LogP contribution is -2.51. The number of nitrogens with zero attached hydrogens (tertiary/aromatic N) is 1. The molecular formula is C10H18N2O4. The highest BCUT2D eigenvalue weighted by atomic mass is 16.4. The fraction of sp³-hybridized carbons (Fsp3) is 0.800. The zero-order chi connectivity index (χ0) is 12.3. The van der Waals surface area contributed by atoms with Crippen LogP contribution in [0.1, 0.15) is 26.7 Å². The molecule has 0 saturated carbocycles. The lowest BCUT2D eigenvalue weighted by Gasteiger charge is -2.35. The van der Waals surface area contributed by atoms with E-state index in [2.05, 4.69) is 5.32 Å². The number of hydrogen-bond acceptors (Lipinski definition) is 3. The van der Waals surface area contributed by atoms with Crippen molar-refractivity contribution in [2.24, 2.45) is 0 Å². The van der Waals surface area contributed by atoms with Crippen LogP contribution in [0.25, 0.3) is 0 Å². The number of carboxylic acids is 1. The number of urea groups is 1. The molecule has 0 aromatic rings. The number of aliphatic hydroxyl groups is 1. The number of carboxylic acid groups (broad SMARTS) is 1. The summed E-state index contributed by atoms with van der Waals surface area (Å²) in [6.07, 6.45) is 1.03. The van der Waals surface area contributed by atoms with E-state index in [1.807, 2.05) is 0 Å². The Kier molecular flexibility index (Phi) is 3.74. The van der Waals surface area contributed by atoms with Crippen LogP contribution in [0.4, 0.5) is 4.79 Å². The highest BCUT2D eigenvalue weighted by Crippen LogP contribution is 2.20. The number of amides is 2. The van der Waals surface area contributed by atoms with E-state index in [0.717, 1.165) is 0 Å². The molecule has 2 amide bonds. The zero-order valence-electron chi connectivity index (χ0n) is 9.56. The minimum Gasteiger partial charge on any atom is -0.480 e. The van der Waals surface area contributed by atoms with Gasteiger partial charge in [0.25, 0.3) is 0 Å². The van der Waals surface area contributed by atoms with E-state index in [0.29, 0.717) is 25.9 Å². The average molecular weight is 230 g/mol. The minimum absolute atomic E-state index is 0.384. The summed E-state index contributed by atoms with van der Waals surface area (Å²) in [7, 11) is 0. The molecule has 1 aliphatic heterocycles. The van der Waals surface area contributed by atoms with Gasteiger partial charge >= 0.3 is 12.0 Å². The Morgan fingerprint density at radius 3 is 2.31 bits per heavy atom. The fourth-order valence-electron chi connectivity index (χ4n) is 1.53. The van der Waals surface area contributed by atoms with Gasteiger partial charge in [0.15, 0.2) is 0 Å². The molecule has 6 heteroatoms. The second-order valence-electron chi connectivity index (χ2n) is 4.49. The minimum atomic E-state index is -1.06. The summed E-state index contributed by atoms with van der Waals surface area (Å²) >= 11 is 0. The van der Waals surface area contributed by atoms with Crippen LogP contribution in [0, 0.1) is 0 Å². The molecular weight excluding hydrogens is 212 g/mol. The van der Waals surface area contributed by atoms with Gasteiger partial charge in [0.2, 0.25) is 0 Å². The first-order valence-electron chi connectivity index (χ1n) is 5.32. The second-order valence-corrected chi connectivity index (χ2v) is 4.49. The van der Waals surface area contributed by atoms with Crippen LogP contribution in [-0.4, -0.2) is 51.8 Å². The second kappa shape index (κ2) is 4.69. The molecule has 6 nitrogen and oxygen atoms in total. The molecule has 0 aromatic heterocycles. The summed E-state index contributed by atoms with van der Waals surface area (Å²) in [4.78, 5) is 23.7. The monoisotopic (exact) mass is 230 g/mol. The molecule has 1 rings (SSSR count). The predicted octanol–water partition coefficient (Wildman–Crippen LogP) is 0.0159. The summed E-state index contributed by atoms with van der Waals surface area (Å²) < 4.78 is 0. The summed E-state index contributed by atoms with van der Waals surface area (Å²) in [5.74, 6) is -1.06. The maximum atomic E-state index is 11.6. The SMILES string of the molecule is C[C@@H](NC(=O)N1CCC(C)(O)CC1)C(=O)O. The topological polar surface area (TPSA) is 89.9 Å². The highest BCUT2D eigenvalue weighted by molar-refractivity contribution is 5.82. The molecule has 0 aliphatic carbocycles. The number of rotatable bonds is 2. The van der Waals surface area contributed by atoms with Gasteiger partial charge in [-0.1, -0.05) is 0 Å². The Morgan fingerprint density at radius 2 is 1.88 bits per heavy atom. The van der Waals surface area contributed by atoms with Crippen LogP contribution in [0.2, 0.25) is 0 Å². The molecule has 1 heterocycles. The smallest absolute Gasteiger partial charge is 0.325 e. The van der Waals surface area contributed by atoms with E-state index in [-0.39, 0.29) is 6.03 Å². The lowest BCUT2D eigenvalue weighted by molar-refractivity contribution is -0.138. The standard InChI is InChI=1S/C10H18N2O4/c1-7(8(13)14)11-9(15)12-5-3-10(2,16)4-6-12/h7,16H,3-6H2,1-2H3,(H,11,15)(H,13,14)/t7-/m1/s1. The third-order valence-corrected chi connectivity index (χ3v) is 2.84. The van der Waals surface area contributed by atoms with E-state index in [1.54, 1.807) is 6.92 Å². The van der Waals surface area contributed by atoms with Gasteiger partial charge in [0, 0.05) is 13.1 Å². The predicted molar refractivity (Wildman–Crippen MR) is 57.1 cm³/mol. The largest absolute Gasteiger partial charge is 0.480 e. The van der Waals surface area contributed by atoms with Crippen molar-refractivity contribution in [1.29, 1.82) is 0 Å². The molecule has 1 saturated heterocycles. The number of hydrogen-bond donors (Lipinski definition) is 3. The fourth-order valence-corrected chi connectivity index (χ4v) is 1.53. The van der Waals surface area contributed by atoms with Crippen LogP contribution >= 0.6 is 0 Å². The normalized spacial score (nSPS) is 21.3. The van der Waals surface area contributed by atoms with E-state index < -0.39 is 17.6 Å². The van der Waals surface area contributed by atoms with Crippen molar-refractivity contribution in [1.82, 2.24) is 10.2 Å². The molecule has 0 spiro atoms. The van der Waals surface area contributed by atoms with Crippen molar-refractivity contribution in [3.05, 3.63) is 0 Å². The van der Waals surface area contributed by atoms with Crippen LogP contribution in [0.3, 0.4) is 0 Å². The van der Waals surface area contributed by atoms with Crippen molar-refractivity contribution in [2.45, 2.75) is 38.3 Å². The van der Waals surface area contributed by atoms with Crippen LogP contribution in [0.5, 0.6) is 0 Å². The molecule has 0 aromatic carbocycles. The van der Waals surface area contributed by atoms with Crippen molar-refractivity contribution in [3.63, 3.8) is 0 Å². The van der Waals surface area contributed by atoms with Gasteiger partial charge in [0.1, 0.15) is 6.04 Å². The van der Waals surface area contributed by atoms with E-state index in [4.69, 9.17) is 5.11 Å². The first kappa shape index (κ1) is 12.8. The van der Waals surface area contributed by atoms with Crippen molar-refractivity contribution >= 4 is 12.0 Å². The van der Waals surface area contributed by atoms with E-state index in [9.17, 15) is 14.7 Å². The summed E-state index contributed by atoms with van der Waals surface area (Å²) in [6.45, 7) is 4.05. The first-order valence-corrected chi connectivity index (χ1v) is 5.32. The summed E-state index contributed by atoms with van der Waals surface area (Å²) in [6, 6.07) is -1.28. The van der Waals surface area contributed by atoms with Crippen molar-refractivity contribution in [3.8, 4) is 0 Å². The first-order chi connectivity index (χ1) is 7.32. The number of piperidine rings is 1. The number of likely N-dealkylation sites (tertiary alicyclic amines) is 1. The average Bonchev–Trinajstić information content (AvgIpc) is 2.17. The Hall–Kier alpha value is -1.30. The van der Waals surface area contributed by atoms with Gasteiger partial charge in [-0.2, -0.15) is 0 Å². The summed E-state index contributed by atoms with van der Waals surface area (Å²) in [5.41, 5.74) is -0.713. The van der Waals surface area contributed by atoms with Crippen molar-refractivity contribution < 1.29 is 19.8 Å². The van der Waals surface area contributed by atoms with Gasteiger partial charge in [-0.25, -0.2) is 4.79 Å². The quantitative estimate of drug-likeness (QED) is 0.623. The van der Waals surface area contributed by atoms with Crippen LogP contribution < -0.4 is 5.32 Å². The van der Waals surface area contributed by atoms with Gasteiger partial charge < -0.3 is 20.4 Å². The number of carbonyl (C=O) groups excluding carboxylic acids is 1. The molecule has 1 atom stereocenters. The van der Waals surface area contributed by atoms with Gasteiger partial charge in [0.05, 0.1) is 5.60 Å². The molecule has 1 aliphatic rings. The van der Waals surface area contributed by atoms with Gasteiger partial charge in [-0.05, 0) is 26.7 Å². The molecule has 3 N–H and O–H groups in total. The Labute approximate surface area is 94.2 Å². The molecule has 16 heavy (non-hydrogen) atoms. The van der Waals surface area contributed by atoms with Crippen LogP contribution in [0.15, 0.2) is 0 Å². The highest BCUT2D eigenvalue weighted by Gasteiger charge is 2.30. The molecule has 0 radical (unpaired) electrons. The number of aliphatic carboxylic acids is 1. The van der Waals surface area contributed by atoms with E-state index in [1.165, 1.54) is 11.8 Å². The van der Waals surface area contributed by atoms with Crippen LogP contribution in [-0.2, 0) is 4.79 Å². The van der Waals surface area contributed by atoms with E-state index >= 15 is 0 Å². The molecule has 0 unspecified atom stereocenters. The number of carbonyl (C=O) groups is 2. The molecule has 0 bridgehead atoms. The maximum absolute atomic E-state index is 11.6. The van der Waals surface area contributed by atoms with Gasteiger partial charge in [-0.3, -0.25) is 4.79 Å². The van der Waals surface area contributed by atoms with Crippen molar-refractivity contribution in [2.75, 3.05) is 13.1 Å². The Balaban J connectivity index is 2.42. The Morgan fingerprint density at radius 1 is 1.38 bits per heavy atom.